The van der Waals surface area contributed by atoms with Gasteiger partial charge in [0.05, 0.1) is 7.11 Å². The molecule has 0 aromatic carbocycles. The molecule has 5 heteroatoms. The van der Waals surface area contributed by atoms with Gasteiger partial charge >= 0.3 is 0 Å². The van der Waals surface area contributed by atoms with Crippen molar-refractivity contribution in [3.8, 4) is 5.75 Å². The number of aryl methyl sites for hydroxylation is 1. The number of nitrogens with one attached hydrogen (secondary N) is 1. The number of unbranched alkanes of at least 4 members (excludes halogenated alkanes) is 1. The Kier molecular flexibility index (Phi) is 6.12. The molecular formula is C14H22N2O3. The Balaban J connectivity index is 2.54. The number of nitrogens with zero attached hydrogens (tertiary/aromatic N) is 1. The summed E-state index contributed by atoms with van der Waals surface area (Å²) < 4.78 is 6.66. The molecule has 1 N–H and O–H groups in total. The number of hydrogen-bond donors (Lipinski definition) is 1. The maximum absolute atomic E-state index is 11.8. The van der Waals surface area contributed by atoms with Crippen LogP contribution < -0.4 is 15.6 Å². The Morgan fingerprint density at radius 1 is 1.42 bits per heavy atom. The smallest absolute Gasteiger partial charge is 0.254 e. The van der Waals surface area contributed by atoms with Crippen molar-refractivity contribution in [1.82, 2.24) is 9.88 Å². The van der Waals surface area contributed by atoms with Crippen LogP contribution in [0.15, 0.2) is 16.9 Å². The highest BCUT2D eigenvalue weighted by molar-refractivity contribution is 5.75. The minimum Gasteiger partial charge on any atom is -0.496 e. The Labute approximate surface area is 113 Å². The summed E-state index contributed by atoms with van der Waals surface area (Å²) in [6.45, 7) is 4.85. The topological polar surface area (TPSA) is 60.3 Å². The van der Waals surface area contributed by atoms with Crippen molar-refractivity contribution >= 4 is 5.91 Å². The van der Waals surface area contributed by atoms with Gasteiger partial charge in [0.25, 0.3) is 5.56 Å². The maximum Gasteiger partial charge on any atom is 0.254 e. The van der Waals surface area contributed by atoms with Crippen LogP contribution in [0.2, 0.25) is 0 Å². The Bertz CT molecular complexity index is 480. The molecule has 0 unspecified atom stereocenters. The van der Waals surface area contributed by atoms with E-state index in [2.05, 4.69) is 5.32 Å². The van der Waals surface area contributed by atoms with Crippen LogP contribution in [0, 0.1) is 6.92 Å². The van der Waals surface area contributed by atoms with E-state index in [4.69, 9.17) is 4.74 Å². The molecule has 0 radical (unpaired) electrons. The second kappa shape index (κ2) is 7.61. The molecule has 0 fully saturated rings. The van der Waals surface area contributed by atoms with Crippen LogP contribution >= 0.6 is 0 Å². The van der Waals surface area contributed by atoms with E-state index in [9.17, 15) is 9.59 Å². The lowest BCUT2D eigenvalue weighted by molar-refractivity contribution is -0.121. The van der Waals surface area contributed by atoms with Crippen molar-refractivity contribution in [3.05, 3.63) is 28.2 Å². The molecule has 0 saturated carbocycles. The molecule has 0 bridgehead atoms. The molecule has 1 amide bonds. The Morgan fingerprint density at radius 3 is 2.74 bits per heavy atom. The van der Waals surface area contributed by atoms with E-state index in [-0.39, 0.29) is 11.5 Å². The number of ether oxygens (including phenoxy) is 1. The van der Waals surface area contributed by atoms with Crippen LogP contribution in [0.3, 0.4) is 0 Å². The first-order valence-electron chi connectivity index (χ1n) is 6.60. The monoisotopic (exact) mass is 266 g/mol. The fourth-order valence-electron chi connectivity index (χ4n) is 1.84. The van der Waals surface area contributed by atoms with Crippen LogP contribution in [-0.2, 0) is 11.3 Å². The van der Waals surface area contributed by atoms with Gasteiger partial charge in [-0.05, 0) is 19.4 Å². The summed E-state index contributed by atoms with van der Waals surface area (Å²) in [7, 11) is 1.53. The fraction of sp³-hybridized carbons (Fsp3) is 0.571. The average molecular weight is 266 g/mol. The van der Waals surface area contributed by atoms with Crippen LogP contribution in [0.1, 0.15) is 31.9 Å². The molecule has 5 nitrogen and oxygen atoms in total. The first-order chi connectivity index (χ1) is 9.08. The molecule has 0 saturated heterocycles. The Morgan fingerprint density at radius 2 is 2.16 bits per heavy atom. The molecule has 1 aromatic rings. The molecule has 0 aliphatic carbocycles. The number of rotatable bonds is 7. The summed E-state index contributed by atoms with van der Waals surface area (Å²) in [6, 6.07) is 3.26. The molecule has 0 atom stereocenters. The van der Waals surface area contributed by atoms with Gasteiger partial charge in [0.15, 0.2) is 0 Å². The van der Waals surface area contributed by atoms with Gasteiger partial charge in [-0.25, -0.2) is 0 Å². The van der Waals surface area contributed by atoms with E-state index in [0.717, 1.165) is 18.5 Å². The molecule has 0 aliphatic heterocycles. The maximum atomic E-state index is 11.8. The summed E-state index contributed by atoms with van der Waals surface area (Å²) in [5.74, 6) is 0.604. The second-order valence-electron chi connectivity index (χ2n) is 4.48. The van der Waals surface area contributed by atoms with Gasteiger partial charge in [-0.1, -0.05) is 13.3 Å². The number of hydrogen-bond acceptors (Lipinski definition) is 3. The van der Waals surface area contributed by atoms with Gasteiger partial charge in [0.2, 0.25) is 5.91 Å². The third-order valence-electron chi connectivity index (χ3n) is 2.96. The SMILES string of the molecule is CCCCC(=O)NCCn1c(C)cc(OC)cc1=O. The number of amides is 1. The zero-order chi connectivity index (χ0) is 14.3. The number of carbonyl (C=O) groups is 1. The van der Waals surface area contributed by atoms with Crippen molar-refractivity contribution in [2.24, 2.45) is 0 Å². The van der Waals surface area contributed by atoms with Gasteiger partial charge < -0.3 is 14.6 Å². The van der Waals surface area contributed by atoms with Gasteiger partial charge in [0, 0.05) is 31.3 Å². The largest absolute Gasteiger partial charge is 0.496 e. The highest BCUT2D eigenvalue weighted by Gasteiger charge is 2.04. The van der Waals surface area contributed by atoms with Gasteiger partial charge in [-0.2, -0.15) is 0 Å². The van der Waals surface area contributed by atoms with E-state index < -0.39 is 0 Å². The zero-order valence-electron chi connectivity index (χ0n) is 11.9. The third-order valence-corrected chi connectivity index (χ3v) is 2.96. The molecule has 106 valence electrons. The standard InChI is InChI=1S/C14H22N2O3/c1-4-5-6-13(17)15-7-8-16-11(2)9-12(19-3)10-14(16)18/h9-10H,4-8H2,1-3H3,(H,15,17). The predicted octanol–water partition coefficient (Wildman–Crippen LogP) is 1.47. The minimum absolute atomic E-state index is 0.0427. The van der Waals surface area contributed by atoms with E-state index in [1.165, 1.54) is 13.2 Å². The summed E-state index contributed by atoms with van der Waals surface area (Å²) in [5, 5.41) is 2.82. The highest BCUT2D eigenvalue weighted by Crippen LogP contribution is 2.08. The summed E-state index contributed by atoms with van der Waals surface area (Å²) in [4.78, 5) is 23.3. The quantitative estimate of drug-likeness (QED) is 0.813. The third kappa shape index (κ3) is 4.77. The molecule has 0 spiro atoms. The van der Waals surface area contributed by atoms with Crippen LogP contribution in [0.4, 0.5) is 0 Å². The lowest BCUT2D eigenvalue weighted by Crippen LogP contribution is -2.31. The van der Waals surface area contributed by atoms with Crippen molar-refractivity contribution in [1.29, 1.82) is 0 Å². The minimum atomic E-state index is -0.111. The van der Waals surface area contributed by atoms with E-state index in [1.54, 1.807) is 10.6 Å². The number of pyridine rings is 1. The van der Waals surface area contributed by atoms with Crippen LogP contribution in [-0.4, -0.2) is 24.1 Å². The number of aromatic nitrogens is 1. The number of methoxy groups -OCH3 is 1. The van der Waals surface area contributed by atoms with E-state index in [0.29, 0.717) is 25.3 Å². The lowest BCUT2D eigenvalue weighted by Gasteiger charge is -2.11. The first-order valence-corrected chi connectivity index (χ1v) is 6.60. The van der Waals surface area contributed by atoms with E-state index >= 15 is 0 Å². The normalized spacial score (nSPS) is 10.3. The van der Waals surface area contributed by atoms with Crippen molar-refractivity contribution in [2.75, 3.05) is 13.7 Å². The van der Waals surface area contributed by atoms with Crippen LogP contribution in [0.5, 0.6) is 5.75 Å². The lowest BCUT2D eigenvalue weighted by atomic mass is 10.2. The van der Waals surface area contributed by atoms with Crippen LogP contribution in [0.25, 0.3) is 0 Å². The molecule has 19 heavy (non-hydrogen) atoms. The zero-order valence-corrected chi connectivity index (χ0v) is 11.9. The average Bonchev–Trinajstić information content (AvgIpc) is 2.39. The second-order valence-corrected chi connectivity index (χ2v) is 4.48. The summed E-state index contributed by atoms with van der Waals surface area (Å²) >= 11 is 0. The fourth-order valence-corrected chi connectivity index (χ4v) is 1.84. The Hall–Kier alpha value is -1.78. The highest BCUT2D eigenvalue weighted by atomic mass is 16.5. The van der Waals surface area contributed by atoms with Gasteiger partial charge in [-0.3, -0.25) is 9.59 Å². The predicted molar refractivity (Wildman–Crippen MR) is 74.5 cm³/mol. The van der Waals surface area contributed by atoms with Gasteiger partial charge in [-0.15, -0.1) is 0 Å². The van der Waals surface area contributed by atoms with Crippen molar-refractivity contribution in [3.63, 3.8) is 0 Å². The first kappa shape index (κ1) is 15.3. The molecular weight excluding hydrogens is 244 g/mol. The summed E-state index contributed by atoms with van der Waals surface area (Å²) in [6.07, 6.45) is 2.45. The van der Waals surface area contributed by atoms with Gasteiger partial charge in [0.1, 0.15) is 5.75 Å². The molecule has 1 heterocycles. The van der Waals surface area contributed by atoms with Crippen molar-refractivity contribution in [2.45, 2.75) is 39.7 Å². The van der Waals surface area contributed by atoms with Crippen molar-refractivity contribution < 1.29 is 9.53 Å². The van der Waals surface area contributed by atoms with E-state index in [1.807, 2.05) is 13.8 Å². The molecule has 1 rings (SSSR count). The summed E-state index contributed by atoms with van der Waals surface area (Å²) in [5.41, 5.74) is 0.715. The molecule has 1 aromatic heterocycles. The number of carbonyl (C=O) groups excluding carboxylic acids is 1. The molecule has 0 aliphatic rings.